The average molecular weight is 481 g/mol. The van der Waals surface area contributed by atoms with Crippen LogP contribution in [0.3, 0.4) is 0 Å². The standard InChI is InChI=1S/C26H32N2O3SSi/c1-26(2,3)33(23-14-6-4-7-15-23,24-16-8-5-9-17-24)31-20-12-19-28-21-22-13-10-11-18-25(22)27-32(28,29)30/h4-11,13-18,27H,12,19-21H2,1-3H3. The van der Waals surface area contributed by atoms with E-state index >= 15 is 0 Å². The van der Waals surface area contributed by atoms with Gasteiger partial charge in [-0.3, -0.25) is 4.72 Å². The van der Waals surface area contributed by atoms with Crippen molar-refractivity contribution in [3.63, 3.8) is 0 Å². The van der Waals surface area contributed by atoms with Crippen molar-refractivity contribution >= 4 is 34.6 Å². The minimum Gasteiger partial charge on any atom is -0.407 e. The van der Waals surface area contributed by atoms with Crippen molar-refractivity contribution < 1.29 is 12.8 Å². The molecule has 0 radical (unpaired) electrons. The van der Waals surface area contributed by atoms with Gasteiger partial charge in [0.1, 0.15) is 0 Å². The van der Waals surface area contributed by atoms with Crippen LogP contribution >= 0.6 is 0 Å². The van der Waals surface area contributed by atoms with Gasteiger partial charge in [-0.25, -0.2) is 0 Å². The summed E-state index contributed by atoms with van der Waals surface area (Å²) in [6, 6.07) is 28.5. The number of anilines is 1. The van der Waals surface area contributed by atoms with Crippen LogP contribution in [0.25, 0.3) is 0 Å². The Bertz CT molecular complexity index is 1140. The Hall–Kier alpha value is -2.45. The Morgan fingerprint density at radius 3 is 2.00 bits per heavy atom. The van der Waals surface area contributed by atoms with Crippen molar-refractivity contribution in [1.82, 2.24) is 4.31 Å². The first kappa shape index (κ1) is 23.7. The highest BCUT2D eigenvalue weighted by Crippen LogP contribution is 2.37. The van der Waals surface area contributed by atoms with Gasteiger partial charge >= 0.3 is 10.2 Å². The van der Waals surface area contributed by atoms with Crippen LogP contribution in [0.5, 0.6) is 0 Å². The van der Waals surface area contributed by atoms with Gasteiger partial charge in [0.05, 0.1) is 5.69 Å². The van der Waals surface area contributed by atoms with Crippen molar-refractivity contribution in [3.8, 4) is 0 Å². The van der Waals surface area contributed by atoms with E-state index in [-0.39, 0.29) is 5.04 Å². The van der Waals surface area contributed by atoms with Gasteiger partial charge in [-0.15, -0.1) is 0 Å². The maximum atomic E-state index is 12.7. The van der Waals surface area contributed by atoms with E-state index in [1.165, 1.54) is 14.7 Å². The van der Waals surface area contributed by atoms with Crippen LogP contribution in [-0.2, 0) is 21.2 Å². The van der Waals surface area contributed by atoms with E-state index in [4.69, 9.17) is 4.43 Å². The zero-order valence-corrected chi connectivity index (χ0v) is 21.3. The first-order valence-electron chi connectivity index (χ1n) is 11.3. The van der Waals surface area contributed by atoms with Crippen LogP contribution in [0.1, 0.15) is 32.8 Å². The van der Waals surface area contributed by atoms with Gasteiger partial charge in [0, 0.05) is 19.7 Å². The summed E-state index contributed by atoms with van der Waals surface area (Å²) in [5, 5.41) is 2.35. The van der Waals surface area contributed by atoms with E-state index in [2.05, 4.69) is 74.0 Å². The van der Waals surface area contributed by atoms with E-state index in [1.807, 2.05) is 30.3 Å². The molecule has 3 aromatic carbocycles. The Kier molecular flexibility index (Phi) is 6.77. The normalized spacial score (nSPS) is 16.1. The van der Waals surface area contributed by atoms with Crippen LogP contribution in [0.4, 0.5) is 5.69 Å². The molecule has 1 N–H and O–H groups in total. The minimum absolute atomic E-state index is 0.104. The fourth-order valence-corrected chi connectivity index (χ4v) is 10.6. The molecule has 0 saturated carbocycles. The van der Waals surface area contributed by atoms with Crippen molar-refractivity contribution in [2.75, 3.05) is 17.9 Å². The van der Waals surface area contributed by atoms with Crippen LogP contribution in [-0.4, -0.2) is 34.2 Å². The van der Waals surface area contributed by atoms with E-state index in [9.17, 15) is 8.42 Å². The summed E-state index contributed by atoms with van der Waals surface area (Å²) < 4.78 is 36.5. The number of benzene rings is 3. The quantitative estimate of drug-likeness (QED) is 0.409. The predicted molar refractivity (Wildman–Crippen MR) is 138 cm³/mol. The monoisotopic (exact) mass is 480 g/mol. The van der Waals surface area contributed by atoms with Crippen LogP contribution in [0.15, 0.2) is 84.9 Å². The lowest BCUT2D eigenvalue weighted by Gasteiger charge is -2.43. The molecule has 1 aliphatic heterocycles. The molecule has 0 amide bonds. The topological polar surface area (TPSA) is 58.6 Å². The number of nitrogens with zero attached hydrogens (tertiary/aromatic N) is 1. The van der Waals surface area contributed by atoms with Crippen molar-refractivity contribution in [2.45, 2.75) is 38.8 Å². The number of fused-ring (bicyclic) bond motifs is 1. The van der Waals surface area contributed by atoms with E-state index in [0.717, 1.165) is 5.56 Å². The lowest BCUT2D eigenvalue weighted by Crippen LogP contribution is -2.66. The summed E-state index contributed by atoms with van der Waals surface area (Å²) in [6.45, 7) is 8.01. The summed E-state index contributed by atoms with van der Waals surface area (Å²) >= 11 is 0. The molecule has 7 heteroatoms. The van der Waals surface area contributed by atoms with E-state index in [1.54, 1.807) is 6.07 Å². The van der Waals surface area contributed by atoms with Gasteiger partial charge in [0.25, 0.3) is 8.32 Å². The van der Waals surface area contributed by atoms with Crippen LogP contribution < -0.4 is 15.1 Å². The lowest BCUT2D eigenvalue weighted by atomic mass is 10.2. The summed E-state index contributed by atoms with van der Waals surface area (Å²) in [6.07, 6.45) is 0.619. The van der Waals surface area contributed by atoms with E-state index < -0.39 is 18.5 Å². The van der Waals surface area contributed by atoms with Gasteiger partial charge in [-0.05, 0) is 33.5 Å². The summed E-state index contributed by atoms with van der Waals surface area (Å²) in [5.41, 5.74) is 1.65. The second-order valence-electron chi connectivity index (χ2n) is 9.46. The molecule has 0 aromatic heterocycles. The van der Waals surface area contributed by atoms with Gasteiger partial charge in [0.15, 0.2) is 0 Å². The number of para-hydroxylation sites is 1. The highest BCUT2D eigenvalue weighted by atomic mass is 32.2. The Morgan fingerprint density at radius 2 is 1.42 bits per heavy atom. The molecule has 3 aromatic rings. The maximum Gasteiger partial charge on any atom is 0.301 e. The van der Waals surface area contributed by atoms with E-state index in [0.29, 0.717) is 31.8 Å². The maximum absolute atomic E-state index is 12.7. The van der Waals surface area contributed by atoms with Gasteiger partial charge in [-0.1, -0.05) is 99.6 Å². The Labute approximate surface area is 198 Å². The largest absolute Gasteiger partial charge is 0.407 e. The molecular weight excluding hydrogens is 448 g/mol. The summed E-state index contributed by atoms with van der Waals surface area (Å²) in [7, 11) is -6.16. The molecule has 1 aliphatic rings. The molecular formula is C26H32N2O3SSi. The molecule has 0 atom stereocenters. The molecule has 0 fully saturated rings. The zero-order valence-electron chi connectivity index (χ0n) is 19.5. The third-order valence-electron chi connectivity index (χ3n) is 6.23. The third kappa shape index (κ3) is 4.77. The number of rotatable bonds is 7. The highest BCUT2D eigenvalue weighted by molar-refractivity contribution is 7.90. The van der Waals surface area contributed by atoms with Gasteiger partial charge in [0.2, 0.25) is 0 Å². The molecule has 0 aliphatic carbocycles. The van der Waals surface area contributed by atoms with Crippen molar-refractivity contribution in [1.29, 1.82) is 0 Å². The second-order valence-corrected chi connectivity index (χ2v) is 15.4. The molecule has 5 nitrogen and oxygen atoms in total. The third-order valence-corrected chi connectivity index (χ3v) is 12.7. The first-order chi connectivity index (χ1) is 15.7. The number of hydrogen-bond acceptors (Lipinski definition) is 3. The second kappa shape index (κ2) is 9.42. The highest BCUT2D eigenvalue weighted by Gasteiger charge is 2.50. The van der Waals surface area contributed by atoms with Crippen LogP contribution in [0, 0.1) is 0 Å². The number of hydrogen-bond donors (Lipinski definition) is 1. The molecule has 1 heterocycles. The Balaban J connectivity index is 1.55. The molecule has 0 unspecified atom stereocenters. The summed E-state index contributed by atoms with van der Waals surface area (Å²) in [5.74, 6) is 0. The molecule has 4 rings (SSSR count). The molecule has 174 valence electrons. The minimum atomic E-state index is -3.55. The van der Waals surface area contributed by atoms with Gasteiger partial charge in [-0.2, -0.15) is 12.7 Å². The molecule has 33 heavy (non-hydrogen) atoms. The zero-order chi connectivity index (χ0) is 23.5. The Morgan fingerprint density at radius 1 is 0.879 bits per heavy atom. The van der Waals surface area contributed by atoms with Crippen molar-refractivity contribution in [3.05, 3.63) is 90.5 Å². The lowest BCUT2D eigenvalue weighted by molar-refractivity contribution is 0.272. The fraction of sp³-hybridized carbons (Fsp3) is 0.308. The van der Waals surface area contributed by atoms with Gasteiger partial charge < -0.3 is 4.43 Å². The molecule has 0 spiro atoms. The fourth-order valence-electron chi connectivity index (χ4n) is 4.66. The summed E-state index contributed by atoms with van der Waals surface area (Å²) in [4.78, 5) is 0. The van der Waals surface area contributed by atoms with Crippen molar-refractivity contribution in [2.24, 2.45) is 0 Å². The predicted octanol–water partition coefficient (Wildman–Crippen LogP) is 4.13. The first-order valence-corrected chi connectivity index (χ1v) is 14.7. The molecule has 0 saturated heterocycles. The average Bonchev–Trinajstić information content (AvgIpc) is 2.79. The SMILES string of the molecule is CC(C)(C)[Si](OCCCN1Cc2ccccc2NS1(=O)=O)(c1ccccc1)c1ccccc1. The van der Waals surface area contributed by atoms with Crippen LogP contribution in [0.2, 0.25) is 5.04 Å². The molecule has 0 bridgehead atoms. The number of nitrogens with one attached hydrogen (secondary N) is 1. The smallest absolute Gasteiger partial charge is 0.301 e.